The maximum absolute atomic E-state index is 2.35. The maximum Gasteiger partial charge on any atom is -0.172 e. The van der Waals surface area contributed by atoms with E-state index in [9.17, 15) is 0 Å². The molecule has 0 bridgehead atoms. The van der Waals surface area contributed by atoms with Crippen molar-refractivity contribution in [2.75, 3.05) is 0 Å². The molecule has 6 rings (SSSR count). The summed E-state index contributed by atoms with van der Waals surface area (Å²) in [6, 6.07) is 35.4. The molecule has 0 unspecified atom stereocenters. The molecule has 0 aromatic heterocycles. The Labute approximate surface area is 294 Å². The molecule has 0 spiro atoms. The van der Waals surface area contributed by atoms with Gasteiger partial charge in [0, 0.05) is 0 Å². The molecule has 44 heavy (non-hydrogen) atoms. The molecular weight excluding hydrogens is 655 g/mol. The van der Waals surface area contributed by atoms with E-state index in [2.05, 4.69) is 122 Å². The summed E-state index contributed by atoms with van der Waals surface area (Å²) in [7, 11) is 0. The average Bonchev–Trinajstić information content (AvgIpc) is 3.74. The predicted octanol–water partition coefficient (Wildman–Crippen LogP) is 5.79. The van der Waals surface area contributed by atoms with Crippen LogP contribution < -0.4 is 24.8 Å². The molecule has 1 aliphatic rings. The van der Waals surface area contributed by atoms with E-state index in [0.29, 0.717) is 5.92 Å². The minimum absolute atomic E-state index is 0. The van der Waals surface area contributed by atoms with E-state index < -0.39 is 0 Å². The van der Waals surface area contributed by atoms with E-state index in [0.717, 1.165) is 5.92 Å². The summed E-state index contributed by atoms with van der Waals surface area (Å²) in [4.78, 5) is 0. The van der Waals surface area contributed by atoms with Crippen LogP contribution in [-0.2, 0) is 35.1 Å². The van der Waals surface area contributed by atoms with Gasteiger partial charge in [0.2, 0.25) is 0 Å². The molecule has 0 saturated heterocycles. The Kier molecular flexibility index (Phi) is 14.6. The van der Waals surface area contributed by atoms with Gasteiger partial charge in [-0.2, -0.15) is 18.2 Å². The smallest absolute Gasteiger partial charge is 0.172 e. The quantitative estimate of drug-likeness (QED) is 0.209. The van der Waals surface area contributed by atoms with Crippen LogP contribution >= 0.6 is 0 Å². The van der Waals surface area contributed by atoms with Crippen LogP contribution in [0.4, 0.5) is 0 Å². The van der Waals surface area contributed by atoms with Gasteiger partial charge in [0.15, 0.2) is 0 Å². The second-order valence-corrected chi connectivity index (χ2v) is 15.7. The first-order chi connectivity index (χ1) is 19.8. The Bertz CT molecular complexity index is 1480. The number of fused-ring (bicyclic) bond motifs is 3. The second-order valence-electron chi connectivity index (χ2n) is 14.4. The summed E-state index contributed by atoms with van der Waals surface area (Å²) in [6.07, 6.45) is 5.72. The van der Waals surface area contributed by atoms with Crippen molar-refractivity contribution in [2.24, 2.45) is 5.92 Å². The molecule has 0 heterocycles. The van der Waals surface area contributed by atoms with E-state index in [-0.39, 0.29) is 35.6 Å². The Hall–Kier alpha value is -1.79. The van der Waals surface area contributed by atoms with Gasteiger partial charge in [0.05, 0.1) is 0 Å². The predicted molar refractivity (Wildman–Crippen MR) is 183 cm³/mol. The fraction of sp³-hybridized carbons (Fsp3) is 0.390. The first kappa shape index (κ1) is 38.4. The van der Waals surface area contributed by atoms with Crippen LogP contribution in [0, 0.1) is 5.92 Å². The Morgan fingerprint density at radius 1 is 0.705 bits per heavy atom. The second kappa shape index (κ2) is 16.7. The van der Waals surface area contributed by atoms with Crippen molar-refractivity contribution in [3.8, 4) is 0 Å². The number of benzene rings is 3. The zero-order chi connectivity index (χ0) is 30.5. The van der Waals surface area contributed by atoms with Gasteiger partial charge in [0.25, 0.3) is 0 Å². The summed E-state index contributed by atoms with van der Waals surface area (Å²) in [5.74, 6) is 1.54. The van der Waals surface area contributed by atoms with Crippen molar-refractivity contribution < 1.29 is 49.0 Å². The maximum atomic E-state index is 2.35. The number of rotatable bonds is 3. The molecule has 3 heteroatoms. The largest absolute Gasteiger partial charge is 1.00 e. The van der Waals surface area contributed by atoms with E-state index in [4.69, 9.17) is 0 Å². The summed E-state index contributed by atoms with van der Waals surface area (Å²) in [5.41, 5.74) is 6.17. The summed E-state index contributed by atoms with van der Waals surface area (Å²) >= 11 is 1.61. The molecule has 5 aromatic carbocycles. The van der Waals surface area contributed by atoms with Crippen molar-refractivity contribution in [1.82, 2.24) is 0 Å². The minimum atomic E-state index is 0. The summed E-state index contributed by atoms with van der Waals surface area (Å²) in [5, 5.41) is 5.48. The van der Waals surface area contributed by atoms with Crippen LogP contribution in [0.25, 0.3) is 21.5 Å². The van der Waals surface area contributed by atoms with Crippen molar-refractivity contribution in [3.63, 3.8) is 0 Å². The monoisotopic (exact) mass is 702 g/mol. The van der Waals surface area contributed by atoms with Gasteiger partial charge in [-0.3, -0.25) is 0 Å². The molecular formula is C41H50Cl2Zr-2. The fourth-order valence-electron chi connectivity index (χ4n) is 5.77. The van der Waals surface area contributed by atoms with Crippen molar-refractivity contribution in [1.29, 1.82) is 0 Å². The van der Waals surface area contributed by atoms with Crippen LogP contribution in [0.1, 0.15) is 109 Å². The van der Waals surface area contributed by atoms with Gasteiger partial charge >= 0.3 is 114 Å². The summed E-state index contributed by atoms with van der Waals surface area (Å²) < 4.78 is 1.69. The standard InChI is InChI=1S/C21H25.C15H20.C5H5.2ClH.Zr/c1-20(2,3)16-7-9-18-14(12-16)11-15-13-17(21(4,5)6)8-10-19(15)18;1-12(2)15-9-7-14(8-10-15)11-13-5-3-4-6-13;1-2-4-5-3-1;;;/h7-13H,1-6H3;7-10,12-13H,3-6H2,1-2H3;1-5H;2*1H;/q-1;;-1;;;+2/p-2. The van der Waals surface area contributed by atoms with Crippen LogP contribution in [0.5, 0.6) is 0 Å². The van der Waals surface area contributed by atoms with Crippen LogP contribution in [-0.4, -0.2) is 3.21 Å². The Balaban J connectivity index is 0.000000260. The van der Waals surface area contributed by atoms with Gasteiger partial charge in [-0.1, -0.05) is 76.9 Å². The van der Waals surface area contributed by atoms with Gasteiger partial charge in [0.1, 0.15) is 0 Å². The van der Waals surface area contributed by atoms with Crippen LogP contribution in [0.3, 0.4) is 0 Å². The Morgan fingerprint density at radius 3 is 1.52 bits per heavy atom. The molecule has 234 valence electrons. The molecule has 0 radical (unpaired) electrons. The van der Waals surface area contributed by atoms with E-state index >= 15 is 0 Å². The number of halogens is 2. The van der Waals surface area contributed by atoms with Gasteiger partial charge in [-0.05, 0) is 10.8 Å². The first-order valence-corrected chi connectivity index (χ1v) is 17.1. The van der Waals surface area contributed by atoms with Gasteiger partial charge in [-0.15, -0.1) is 39.7 Å². The third kappa shape index (κ3) is 10.1. The minimum Gasteiger partial charge on any atom is -1.00 e. The molecule has 0 atom stereocenters. The molecule has 1 fully saturated rings. The zero-order valence-electron chi connectivity index (χ0n) is 28.0. The Morgan fingerprint density at radius 2 is 1.16 bits per heavy atom. The normalized spacial score (nSPS) is 13.4. The molecule has 5 aromatic rings. The number of hydrogen-bond donors (Lipinski definition) is 0. The molecule has 0 nitrogen and oxygen atoms in total. The van der Waals surface area contributed by atoms with Crippen LogP contribution in [0.2, 0.25) is 0 Å². The molecule has 0 N–H and O–H groups in total. The van der Waals surface area contributed by atoms with Gasteiger partial charge < -0.3 is 24.8 Å². The van der Waals surface area contributed by atoms with E-state index in [1.165, 1.54) is 69.5 Å². The van der Waals surface area contributed by atoms with E-state index in [1.807, 2.05) is 30.3 Å². The molecule has 0 amide bonds. The van der Waals surface area contributed by atoms with E-state index in [1.54, 1.807) is 27.4 Å². The van der Waals surface area contributed by atoms with Crippen molar-refractivity contribution in [3.05, 3.63) is 119 Å². The van der Waals surface area contributed by atoms with Crippen molar-refractivity contribution in [2.45, 2.75) is 97.8 Å². The fourth-order valence-corrected chi connectivity index (χ4v) is 6.89. The molecule has 1 aliphatic carbocycles. The summed E-state index contributed by atoms with van der Waals surface area (Å²) in [6.45, 7) is 18.2. The average molecular weight is 705 g/mol. The van der Waals surface area contributed by atoms with Gasteiger partial charge in [-0.25, -0.2) is 12.1 Å². The molecule has 1 saturated carbocycles. The molecule has 0 aliphatic heterocycles. The zero-order valence-corrected chi connectivity index (χ0v) is 31.9. The first-order valence-electron chi connectivity index (χ1n) is 15.8. The third-order valence-electron chi connectivity index (χ3n) is 8.64. The van der Waals surface area contributed by atoms with Crippen LogP contribution in [0.15, 0.2) is 97.1 Å². The third-order valence-corrected chi connectivity index (χ3v) is 10.4. The topological polar surface area (TPSA) is 0 Å². The number of hydrogen-bond acceptors (Lipinski definition) is 0. The van der Waals surface area contributed by atoms with Crippen molar-refractivity contribution >= 4 is 24.8 Å². The SMILES string of the molecule is CC(C)(C)c1ccc2c(c1)[cH-]c1cc(C(C)(C)C)ccc12.CC(C)c1ccc([C](=[Zr+2])C2CCCC2)cc1.[Cl-].[Cl-].c1cc[cH-]c1.